The minimum absolute atomic E-state index is 0.0372. The Kier molecular flexibility index (Phi) is 5.95. The summed E-state index contributed by atoms with van der Waals surface area (Å²) in [6.45, 7) is 3.52. The molecular weight excluding hydrogens is 414 g/mol. The van der Waals surface area contributed by atoms with E-state index in [0.717, 1.165) is 48.0 Å². The quantitative estimate of drug-likeness (QED) is 0.457. The molecule has 1 amide bonds. The third kappa shape index (κ3) is 4.14. The summed E-state index contributed by atoms with van der Waals surface area (Å²) in [6, 6.07) is 7.73. The third-order valence-electron chi connectivity index (χ3n) is 5.58. The number of fused-ring (bicyclic) bond motifs is 1. The molecule has 4 rings (SSSR count). The first-order valence-electron chi connectivity index (χ1n) is 10.3. The molecule has 1 saturated heterocycles. The molecule has 1 aromatic carbocycles. The van der Waals surface area contributed by atoms with Crippen LogP contribution in [0.2, 0.25) is 0 Å². The molecule has 1 aliphatic heterocycles. The lowest BCUT2D eigenvalue weighted by molar-refractivity contribution is -0.129. The molecule has 0 spiro atoms. The smallest absolute Gasteiger partial charge is 0.332 e. The van der Waals surface area contributed by atoms with Crippen LogP contribution in [0.5, 0.6) is 0 Å². The van der Waals surface area contributed by atoms with Crippen LogP contribution in [0.3, 0.4) is 0 Å². The number of thioether (sulfide) groups is 1. The second kappa shape index (κ2) is 8.66. The van der Waals surface area contributed by atoms with E-state index in [9.17, 15) is 14.4 Å². The number of aryl methyl sites for hydroxylation is 2. The average Bonchev–Trinajstić information content (AvgIpc) is 2.79. The number of aromatic nitrogens is 4. The molecule has 1 aliphatic rings. The van der Waals surface area contributed by atoms with Gasteiger partial charge in [-0.05, 0) is 32.3 Å². The summed E-state index contributed by atoms with van der Waals surface area (Å²) in [5.74, 6) is 0.647. The van der Waals surface area contributed by atoms with Crippen molar-refractivity contribution in [1.82, 2.24) is 24.0 Å². The molecule has 0 radical (unpaired) electrons. The van der Waals surface area contributed by atoms with Crippen molar-refractivity contribution in [2.24, 2.45) is 14.1 Å². The van der Waals surface area contributed by atoms with E-state index in [-0.39, 0.29) is 22.7 Å². The van der Waals surface area contributed by atoms with Gasteiger partial charge in [-0.3, -0.25) is 18.7 Å². The van der Waals surface area contributed by atoms with Gasteiger partial charge in [0.1, 0.15) is 10.4 Å². The van der Waals surface area contributed by atoms with Crippen molar-refractivity contribution in [3.63, 3.8) is 0 Å². The largest absolute Gasteiger partial charge is 0.342 e. The fourth-order valence-corrected chi connectivity index (χ4v) is 4.73. The molecule has 0 bridgehead atoms. The van der Waals surface area contributed by atoms with E-state index in [1.165, 1.54) is 23.4 Å². The highest BCUT2D eigenvalue weighted by Crippen LogP contribution is 2.27. The zero-order valence-electron chi connectivity index (χ0n) is 17.9. The summed E-state index contributed by atoms with van der Waals surface area (Å²) in [5.41, 5.74) is 1.20. The molecule has 0 atom stereocenters. The Hall–Kier alpha value is -2.94. The van der Waals surface area contributed by atoms with E-state index in [2.05, 4.69) is 9.97 Å². The summed E-state index contributed by atoms with van der Waals surface area (Å²) >= 11 is 1.23. The van der Waals surface area contributed by atoms with Crippen molar-refractivity contribution in [3.8, 4) is 11.4 Å². The Morgan fingerprint density at radius 3 is 2.52 bits per heavy atom. The lowest BCUT2D eigenvalue weighted by Gasteiger charge is -2.26. The van der Waals surface area contributed by atoms with Gasteiger partial charge in [0.05, 0.1) is 5.75 Å². The van der Waals surface area contributed by atoms with Gasteiger partial charge in [-0.2, -0.15) is 0 Å². The lowest BCUT2D eigenvalue weighted by atomic mass is 10.1. The molecular formula is C22H25N5O3S. The number of likely N-dealkylation sites (tertiary alicyclic amines) is 1. The second-order valence-electron chi connectivity index (χ2n) is 7.86. The number of carbonyl (C=O) groups is 1. The third-order valence-corrected chi connectivity index (χ3v) is 6.54. The van der Waals surface area contributed by atoms with Crippen LogP contribution in [-0.4, -0.2) is 48.8 Å². The molecule has 162 valence electrons. The highest BCUT2D eigenvalue weighted by Gasteiger charge is 2.21. The van der Waals surface area contributed by atoms with E-state index in [1.54, 1.807) is 7.05 Å². The SMILES string of the molecule is Cc1cccc(-c2nc(SCC(=O)N3CCCCC3)c3c(=O)n(C)c(=O)n(C)c3n2)c1. The van der Waals surface area contributed by atoms with Gasteiger partial charge >= 0.3 is 5.69 Å². The molecule has 2 aromatic heterocycles. The minimum Gasteiger partial charge on any atom is -0.342 e. The maximum atomic E-state index is 12.9. The van der Waals surface area contributed by atoms with Gasteiger partial charge in [0.25, 0.3) is 5.56 Å². The van der Waals surface area contributed by atoms with Gasteiger partial charge in [-0.25, -0.2) is 14.8 Å². The lowest BCUT2D eigenvalue weighted by Crippen LogP contribution is -2.38. The molecule has 0 unspecified atom stereocenters. The molecule has 8 nitrogen and oxygen atoms in total. The highest BCUT2D eigenvalue weighted by atomic mass is 32.2. The second-order valence-corrected chi connectivity index (χ2v) is 8.82. The van der Waals surface area contributed by atoms with Gasteiger partial charge in [0.15, 0.2) is 11.5 Å². The predicted octanol–water partition coefficient (Wildman–Crippen LogP) is 2.11. The van der Waals surface area contributed by atoms with E-state index < -0.39 is 11.2 Å². The summed E-state index contributed by atoms with van der Waals surface area (Å²) in [4.78, 5) is 49.2. The Balaban J connectivity index is 1.82. The van der Waals surface area contributed by atoms with Crippen LogP contribution in [0.1, 0.15) is 24.8 Å². The number of nitrogens with zero attached hydrogens (tertiary/aromatic N) is 5. The normalized spacial score (nSPS) is 14.2. The summed E-state index contributed by atoms with van der Waals surface area (Å²) < 4.78 is 2.41. The standard InChI is InChI=1S/C22H25N5O3S/c1-14-8-7-9-15(12-14)18-23-19-17(21(29)26(3)22(30)25(19)2)20(24-18)31-13-16(28)27-10-5-4-6-11-27/h7-9,12H,4-6,10-11,13H2,1-3H3. The topological polar surface area (TPSA) is 90.1 Å². The number of carbonyl (C=O) groups excluding carboxylic acids is 1. The number of rotatable bonds is 4. The van der Waals surface area contributed by atoms with Crippen molar-refractivity contribution in [1.29, 1.82) is 0 Å². The maximum Gasteiger partial charge on any atom is 0.332 e. The monoisotopic (exact) mass is 439 g/mol. The fraction of sp³-hybridized carbons (Fsp3) is 0.409. The first-order valence-corrected chi connectivity index (χ1v) is 11.3. The van der Waals surface area contributed by atoms with Crippen LogP contribution in [0.15, 0.2) is 38.9 Å². The number of hydrogen-bond donors (Lipinski definition) is 0. The van der Waals surface area contributed by atoms with Crippen LogP contribution in [0.4, 0.5) is 0 Å². The van der Waals surface area contributed by atoms with E-state index >= 15 is 0 Å². The van der Waals surface area contributed by atoms with Crippen molar-refractivity contribution >= 4 is 28.7 Å². The molecule has 3 aromatic rings. The maximum absolute atomic E-state index is 12.9. The fourth-order valence-electron chi connectivity index (χ4n) is 3.81. The summed E-state index contributed by atoms with van der Waals surface area (Å²) in [6.07, 6.45) is 3.19. The summed E-state index contributed by atoms with van der Waals surface area (Å²) in [7, 11) is 3.02. The van der Waals surface area contributed by atoms with Gasteiger partial charge in [-0.15, -0.1) is 0 Å². The van der Waals surface area contributed by atoms with Gasteiger partial charge in [-0.1, -0.05) is 35.5 Å². The van der Waals surface area contributed by atoms with E-state index in [0.29, 0.717) is 10.9 Å². The average molecular weight is 440 g/mol. The number of hydrogen-bond acceptors (Lipinski definition) is 6. The first kappa shape index (κ1) is 21.3. The molecule has 31 heavy (non-hydrogen) atoms. The zero-order chi connectivity index (χ0) is 22.1. The number of benzene rings is 1. The number of piperidine rings is 1. The van der Waals surface area contributed by atoms with Crippen LogP contribution >= 0.6 is 11.8 Å². The highest BCUT2D eigenvalue weighted by molar-refractivity contribution is 8.00. The molecule has 0 N–H and O–H groups in total. The van der Waals surface area contributed by atoms with Crippen LogP contribution in [0.25, 0.3) is 22.4 Å². The zero-order valence-corrected chi connectivity index (χ0v) is 18.7. The Bertz CT molecular complexity index is 1270. The van der Waals surface area contributed by atoms with Crippen molar-refractivity contribution in [3.05, 3.63) is 50.7 Å². The first-order chi connectivity index (χ1) is 14.9. The molecule has 3 heterocycles. The van der Waals surface area contributed by atoms with Crippen LogP contribution < -0.4 is 11.2 Å². The molecule has 1 fully saturated rings. The predicted molar refractivity (Wildman–Crippen MR) is 121 cm³/mol. The van der Waals surface area contributed by atoms with Crippen LogP contribution in [0, 0.1) is 6.92 Å². The number of amides is 1. The van der Waals surface area contributed by atoms with Gasteiger partial charge in [0.2, 0.25) is 5.91 Å². The van der Waals surface area contributed by atoms with Crippen LogP contribution in [-0.2, 0) is 18.9 Å². The summed E-state index contributed by atoms with van der Waals surface area (Å²) in [5, 5.41) is 0.681. The van der Waals surface area contributed by atoms with Gasteiger partial charge in [0, 0.05) is 32.7 Å². The van der Waals surface area contributed by atoms with Crippen molar-refractivity contribution in [2.75, 3.05) is 18.8 Å². The Morgan fingerprint density at radius 2 is 1.81 bits per heavy atom. The van der Waals surface area contributed by atoms with E-state index in [4.69, 9.17) is 0 Å². The van der Waals surface area contributed by atoms with Crippen molar-refractivity contribution < 1.29 is 4.79 Å². The van der Waals surface area contributed by atoms with Crippen molar-refractivity contribution in [2.45, 2.75) is 31.2 Å². The Morgan fingerprint density at radius 1 is 1.06 bits per heavy atom. The van der Waals surface area contributed by atoms with Gasteiger partial charge < -0.3 is 4.90 Å². The minimum atomic E-state index is -0.457. The molecule has 0 aliphatic carbocycles. The Labute approximate surface area is 183 Å². The molecule has 0 saturated carbocycles. The molecule has 9 heteroatoms. The van der Waals surface area contributed by atoms with E-state index in [1.807, 2.05) is 36.1 Å².